The van der Waals surface area contributed by atoms with Gasteiger partial charge in [-0.15, -0.1) is 0 Å². The number of nitrogens with two attached hydrogens (primary N) is 4. The van der Waals surface area contributed by atoms with Crippen LogP contribution >= 0.6 is 0 Å². The second-order valence-electron chi connectivity index (χ2n) is 24.0. The number of carboxylic acid groups (broad SMARTS) is 2. The van der Waals surface area contributed by atoms with E-state index in [0.717, 1.165) is 0 Å². The van der Waals surface area contributed by atoms with Gasteiger partial charge in [-0.3, -0.25) is 67.3 Å². The summed E-state index contributed by atoms with van der Waals surface area (Å²) in [4.78, 5) is 198. The maximum absolute atomic E-state index is 14.2. The first-order valence-electron chi connectivity index (χ1n) is 30.4. The molecule has 0 saturated carbocycles. The predicted octanol–water partition coefficient (Wildman–Crippen LogP) is -4.54. The number of likely N-dealkylation sites (tertiary alicyclic amines) is 1. The number of rotatable bonds is 40. The summed E-state index contributed by atoms with van der Waals surface area (Å²) in [5.41, 5.74) is 22.9. The first-order valence-corrected chi connectivity index (χ1v) is 30.4. The zero-order chi connectivity index (χ0) is 69.0. The zero-order valence-electron chi connectivity index (χ0n) is 53.5. The van der Waals surface area contributed by atoms with Crippen molar-refractivity contribution in [2.45, 2.75) is 206 Å². The van der Waals surface area contributed by atoms with Crippen molar-refractivity contribution in [2.24, 2.45) is 51.6 Å². The molecule has 0 aromatic carbocycles. The molecular formula is C57H96N18O16. The molecule has 0 unspecified atom stereocenters. The Kier molecular flexibility index (Phi) is 33.1. The molecule has 12 atom stereocenters. The highest BCUT2D eigenvalue weighted by Crippen LogP contribution is 2.21. The molecule has 0 spiro atoms. The zero-order valence-corrected chi connectivity index (χ0v) is 53.5. The van der Waals surface area contributed by atoms with Gasteiger partial charge in [-0.1, -0.05) is 61.8 Å². The Morgan fingerprint density at radius 1 is 0.626 bits per heavy atom. The smallest absolute Gasteiger partial charge is 0.326 e. The van der Waals surface area contributed by atoms with Gasteiger partial charge in [0.25, 0.3) is 0 Å². The second-order valence-corrected chi connectivity index (χ2v) is 24.0. The number of nitrogens with zero attached hydrogens (tertiary/aromatic N) is 3. The molecule has 1 aliphatic rings. The number of hydrogen-bond acceptors (Lipinski definition) is 17. The van der Waals surface area contributed by atoms with Crippen LogP contribution in [-0.4, -0.2) is 200 Å². The van der Waals surface area contributed by atoms with Gasteiger partial charge in [0.1, 0.15) is 60.4 Å². The van der Waals surface area contributed by atoms with E-state index in [1.807, 2.05) is 19.2 Å². The average molecular weight is 1290 g/mol. The lowest BCUT2D eigenvalue weighted by atomic mass is 9.96. The Morgan fingerprint density at radius 2 is 1.15 bits per heavy atom. The number of carbonyl (C=O) groups is 14. The van der Waals surface area contributed by atoms with Crippen LogP contribution in [0.15, 0.2) is 17.5 Å². The van der Waals surface area contributed by atoms with E-state index in [2.05, 4.69) is 62.8 Å². The number of hydrogen-bond donors (Lipinski definition) is 17. The third-order valence-electron chi connectivity index (χ3n) is 14.5. The van der Waals surface area contributed by atoms with Crippen LogP contribution in [0.5, 0.6) is 0 Å². The van der Waals surface area contributed by atoms with Gasteiger partial charge in [0.2, 0.25) is 70.9 Å². The van der Waals surface area contributed by atoms with Gasteiger partial charge in [-0.2, -0.15) is 0 Å². The number of nitrogens with one attached hydrogen (secondary N) is 11. The summed E-state index contributed by atoms with van der Waals surface area (Å²) in [6.07, 6.45) is 2.29. The SMILES string of the molecule is CC[C@H](C)[C@H](NC(=O)[C@H](C)NC(=O)CNC(=O)[C@H](CC(C)C)NC(=O)[C@H](Cc1cnc[nH]1)NC(=O)[C@H](CC(N)=O)NC(=O)[C@@H]1CCCN1C(=O)[C@@H](N)CC(C)C)C(=O)N[C@@H](CC(C)C)C(=O)N[C@@H](CCCN=C(N)N)C(=O)N[C@@H](C)C(=O)N[C@@H](CC(=O)O)C(=O)O. The number of H-pyrrole nitrogens is 1. The van der Waals surface area contributed by atoms with Gasteiger partial charge in [0, 0.05) is 31.4 Å². The largest absolute Gasteiger partial charge is 0.481 e. The van der Waals surface area contributed by atoms with Crippen molar-refractivity contribution < 1.29 is 77.3 Å². The average Bonchev–Trinajstić information content (AvgIpc) is 1.94. The number of amides is 12. The number of guanidine groups is 1. The number of primary amides is 1. The van der Waals surface area contributed by atoms with Crippen LogP contribution in [-0.2, 0) is 73.5 Å². The lowest BCUT2D eigenvalue weighted by Gasteiger charge is -2.29. The van der Waals surface area contributed by atoms with Crippen molar-refractivity contribution in [1.29, 1.82) is 0 Å². The number of imidazole rings is 1. The third kappa shape index (κ3) is 28.2. The first kappa shape index (κ1) is 78.1. The second kappa shape index (κ2) is 38.5. The highest BCUT2D eigenvalue weighted by molar-refractivity contribution is 6.00. The van der Waals surface area contributed by atoms with E-state index in [1.165, 1.54) is 31.3 Å². The third-order valence-corrected chi connectivity index (χ3v) is 14.5. The predicted molar refractivity (Wildman–Crippen MR) is 328 cm³/mol. The molecule has 0 bridgehead atoms. The van der Waals surface area contributed by atoms with E-state index in [9.17, 15) is 72.2 Å². The van der Waals surface area contributed by atoms with Crippen LogP contribution in [0.25, 0.3) is 0 Å². The Hall–Kier alpha value is -8.98. The summed E-state index contributed by atoms with van der Waals surface area (Å²) in [6, 6.07) is -14.9. The molecule has 0 radical (unpaired) electrons. The van der Waals surface area contributed by atoms with Crippen molar-refractivity contribution in [2.75, 3.05) is 19.6 Å². The van der Waals surface area contributed by atoms with Crippen molar-refractivity contribution in [3.63, 3.8) is 0 Å². The van der Waals surface area contributed by atoms with Gasteiger partial charge >= 0.3 is 11.9 Å². The summed E-state index contributed by atoms with van der Waals surface area (Å²) >= 11 is 0. The van der Waals surface area contributed by atoms with Crippen molar-refractivity contribution in [3.05, 3.63) is 18.2 Å². The van der Waals surface area contributed by atoms with Crippen molar-refractivity contribution >= 4 is 88.8 Å². The van der Waals surface area contributed by atoms with Gasteiger partial charge in [-0.25, -0.2) is 9.78 Å². The van der Waals surface area contributed by atoms with E-state index in [1.54, 1.807) is 41.5 Å². The van der Waals surface area contributed by atoms with E-state index < -0.39 is 175 Å². The van der Waals surface area contributed by atoms with Crippen LogP contribution < -0.4 is 76.1 Å². The number of aliphatic carboxylic acids is 2. The maximum Gasteiger partial charge on any atom is 0.326 e. The van der Waals surface area contributed by atoms with E-state index in [4.69, 9.17) is 28.0 Å². The van der Waals surface area contributed by atoms with Gasteiger partial charge in [0.15, 0.2) is 5.96 Å². The normalized spacial score (nSPS) is 16.5. The lowest BCUT2D eigenvalue weighted by Crippen LogP contribution is -2.60. The Morgan fingerprint density at radius 3 is 1.70 bits per heavy atom. The molecule has 2 heterocycles. The fourth-order valence-electron chi connectivity index (χ4n) is 9.57. The minimum absolute atomic E-state index is 0.0130. The van der Waals surface area contributed by atoms with E-state index >= 15 is 0 Å². The van der Waals surface area contributed by atoms with Crippen LogP contribution in [0.2, 0.25) is 0 Å². The molecule has 2 rings (SSSR count). The monoisotopic (exact) mass is 1290 g/mol. The number of carboxylic acids is 2. The summed E-state index contributed by atoms with van der Waals surface area (Å²) in [5, 5.41) is 43.3. The molecule has 34 heteroatoms. The highest BCUT2D eigenvalue weighted by Gasteiger charge is 2.40. The molecule has 510 valence electrons. The Bertz CT molecular complexity index is 2720. The van der Waals surface area contributed by atoms with Gasteiger partial charge < -0.3 is 96.2 Å². The molecule has 1 aromatic rings. The van der Waals surface area contributed by atoms with E-state index in [0.29, 0.717) is 25.0 Å². The Labute approximate surface area is 528 Å². The lowest BCUT2D eigenvalue weighted by molar-refractivity contribution is -0.147. The number of carbonyl (C=O) groups excluding carboxylic acids is 12. The maximum atomic E-state index is 14.2. The van der Waals surface area contributed by atoms with Gasteiger partial charge in [0.05, 0.1) is 31.8 Å². The van der Waals surface area contributed by atoms with Crippen molar-refractivity contribution in [1.82, 2.24) is 68.0 Å². The number of aliphatic imine (C=N–C) groups is 1. The highest BCUT2D eigenvalue weighted by atomic mass is 16.4. The molecule has 12 amide bonds. The molecule has 34 nitrogen and oxygen atoms in total. The van der Waals surface area contributed by atoms with E-state index in [-0.39, 0.29) is 75.3 Å². The fourth-order valence-corrected chi connectivity index (χ4v) is 9.57. The minimum atomic E-state index is -1.82. The molecule has 1 saturated heterocycles. The first-order chi connectivity index (χ1) is 42.5. The minimum Gasteiger partial charge on any atom is -0.481 e. The molecule has 21 N–H and O–H groups in total. The summed E-state index contributed by atoms with van der Waals surface area (Å²) in [7, 11) is 0. The van der Waals surface area contributed by atoms with Crippen LogP contribution in [0, 0.1) is 23.7 Å². The fraction of sp³-hybridized carbons (Fsp3) is 0.684. The molecule has 1 fully saturated rings. The van der Waals surface area contributed by atoms with Crippen LogP contribution in [0.3, 0.4) is 0 Å². The van der Waals surface area contributed by atoms with Crippen molar-refractivity contribution in [3.8, 4) is 0 Å². The molecule has 91 heavy (non-hydrogen) atoms. The van der Waals surface area contributed by atoms with Crippen LogP contribution in [0.1, 0.15) is 139 Å². The topological polar surface area (TPSA) is 548 Å². The molecule has 0 aliphatic carbocycles. The number of aromatic nitrogens is 2. The number of aromatic amines is 1. The summed E-state index contributed by atoms with van der Waals surface area (Å²) < 4.78 is 0. The van der Waals surface area contributed by atoms with Gasteiger partial charge in [-0.05, 0) is 82.5 Å². The molecule has 1 aromatic heterocycles. The van der Waals surface area contributed by atoms with Crippen LogP contribution in [0.4, 0.5) is 0 Å². The summed E-state index contributed by atoms with van der Waals surface area (Å²) in [5.74, 6) is -14.6. The standard InChI is InChI=1S/C57H96N18O16/c1-11-30(8)45(54(88)72-37(20-29(6)7)50(84)68-35(14-12-16-63-57(60)61)49(83)67-32(10)46(80)73-40(56(90)91)23-44(78)79)74-47(81)31(9)66-43(77)25-64-48(82)36(19-28(4)5)69-51(85)38(21-33-24-62-26-65-33)70-52(86)39(22-42(59)76)71-53(87)41-15-13-17-75(41)55(89)34(58)18-27(2)3/h24,26-32,34-41,45H,11-23,25,58H2,1-10H3,(H2,59,76)(H,62,65)(H,64,82)(H,66,77)(H,67,83)(H,68,84)(H,69,85)(H,70,86)(H,71,87)(H,72,88)(H,73,80)(H,74,81)(H,78,79)(H,90,91)(H4,60,61,63)/t30-,31-,32-,34-,35-,36-,37-,38-,39-,40-,41-,45-/m0/s1. The molecule has 1 aliphatic heterocycles. The summed E-state index contributed by atoms with van der Waals surface area (Å²) in [6.45, 7) is 16.2. The molecular weight excluding hydrogens is 1190 g/mol. The quantitative estimate of drug-likeness (QED) is 0.0167. The Balaban J connectivity index is 2.25.